The van der Waals surface area contributed by atoms with Crippen LogP contribution in [0, 0.1) is 29.0 Å². The molecule has 2 aromatic rings. The van der Waals surface area contributed by atoms with Gasteiger partial charge in [0.25, 0.3) is 0 Å². The van der Waals surface area contributed by atoms with Crippen molar-refractivity contribution in [3.05, 3.63) is 65.5 Å². The zero-order chi connectivity index (χ0) is 22.4. The van der Waals surface area contributed by atoms with Gasteiger partial charge in [-0.05, 0) is 61.6 Å². The summed E-state index contributed by atoms with van der Waals surface area (Å²) in [6, 6.07) is 12.9. The van der Waals surface area contributed by atoms with Crippen molar-refractivity contribution < 1.29 is 18.8 Å². The van der Waals surface area contributed by atoms with Crippen molar-refractivity contribution >= 4 is 23.3 Å². The van der Waals surface area contributed by atoms with Gasteiger partial charge in [-0.2, -0.15) is 0 Å². The number of oxime groups is 1. The van der Waals surface area contributed by atoms with Gasteiger partial charge in [-0.15, -0.1) is 0 Å². The molecule has 0 spiro atoms. The van der Waals surface area contributed by atoms with E-state index in [0.29, 0.717) is 24.1 Å². The van der Waals surface area contributed by atoms with Gasteiger partial charge in [0.1, 0.15) is 5.82 Å². The van der Waals surface area contributed by atoms with Crippen LogP contribution in [0.5, 0.6) is 0 Å². The second-order valence-corrected chi connectivity index (χ2v) is 9.46. The third kappa shape index (κ3) is 3.25. The standard InChI is InChI=1S/C25H27FN2O3/c1-16-5-7-17(8-6-16)21(29)31-28-20-15-25(14-13-24(20,4)23(25,2)3)22(30)27-19-11-9-18(26)10-12-19/h5-12H,13-15H2,1-4H3,(H,27,30)/b28-20+. The van der Waals surface area contributed by atoms with Crippen LogP contribution in [0.3, 0.4) is 0 Å². The molecule has 0 aliphatic heterocycles. The van der Waals surface area contributed by atoms with Crippen LogP contribution in [-0.2, 0) is 9.63 Å². The molecule has 1 N–H and O–H groups in total. The van der Waals surface area contributed by atoms with E-state index in [2.05, 4.69) is 31.2 Å². The molecule has 0 aromatic heterocycles. The van der Waals surface area contributed by atoms with Crippen LogP contribution < -0.4 is 5.32 Å². The third-order valence-electron chi connectivity index (χ3n) is 7.80. The molecule has 2 atom stereocenters. The lowest BCUT2D eigenvalue weighted by Gasteiger charge is -2.39. The number of aryl methyl sites for hydroxylation is 1. The SMILES string of the molecule is Cc1ccc(C(=O)O/N=C2\CC3(C(=O)Nc4ccc(F)cc4)CCC2(C)C3(C)C)cc1. The Morgan fingerprint density at radius 3 is 2.29 bits per heavy atom. The largest absolute Gasteiger partial charge is 0.365 e. The number of benzene rings is 2. The van der Waals surface area contributed by atoms with Crippen LogP contribution in [-0.4, -0.2) is 17.6 Å². The lowest BCUT2D eigenvalue weighted by atomic mass is 9.64. The maximum Gasteiger partial charge on any atom is 0.365 e. The highest BCUT2D eigenvalue weighted by atomic mass is 19.1. The van der Waals surface area contributed by atoms with Crippen LogP contribution in [0.1, 0.15) is 56.0 Å². The van der Waals surface area contributed by atoms with E-state index in [1.807, 2.05) is 19.1 Å². The van der Waals surface area contributed by atoms with Crippen molar-refractivity contribution in [2.45, 2.75) is 47.0 Å². The Morgan fingerprint density at radius 1 is 1.00 bits per heavy atom. The number of hydrogen-bond acceptors (Lipinski definition) is 4. The average Bonchev–Trinajstić information content (AvgIpc) is 3.05. The molecule has 2 saturated carbocycles. The first kappa shape index (κ1) is 21.2. The summed E-state index contributed by atoms with van der Waals surface area (Å²) in [6.07, 6.45) is 1.91. The molecule has 1 amide bonds. The summed E-state index contributed by atoms with van der Waals surface area (Å²) < 4.78 is 13.2. The van der Waals surface area contributed by atoms with Crippen LogP contribution in [0.25, 0.3) is 0 Å². The van der Waals surface area contributed by atoms with Crippen molar-refractivity contribution in [3.63, 3.8) is 0 Å². The minimum absolute atomic E-state index is 0.108. The molecule has 2 aliphatic carbocycles. The molecule has 5 nitrogen and oxygen atoms in total. The summed E-state index contributed by atoms with van der Waals surface area (Å²) in [4.78, 5) is 31.1. The van der Waals surface area contributed by atoms with Gasteiger partial charge in [0.2, 0.25) is 5.91 Å². The van der Waals surface area contributed by atoms with Crippen LogP contribution in [0.4, 0.5) is 10.1 Å². The van der Waals surface area contributed by atoms with Crippen molar-refractivity contribution in [2.75, 3.05) is 5.32 Å². The molecule has 2 fully saturated rings. The number of amides is 1. The molecule has 0 radical (unpaired) electrons. The van der Waals surface area contributed by atoms with E-state index >= 15 is 0 Å². The molecule has 0 heterocycles. The van der Waals surface area contributed by atoms with Crippen LogP contribution in [0.2, 0.25) is 0 Å². The van der Waals surface area contributed by atoms with Gasteiger partial charge in [0.05, 0.1) is 16.7 Å². The van der Waals surface area contributed by atoms with Gasteiger partial charge in [0, 0.05) is 17.5 Å². The lowest BCUT2D eigenvalue weighted by molar-refractivity contribution is -0.130. The highest BCUT2D eigenvalue weighted by Gasteiger charge is 2.71. The number of fused-ring (bicyclic) bond motifs is 2. The Morgan fingerprint density at radius 2 is 1.65 bits per heavy atom. The Labute approximate surface area is 181 Å². The minimum Gasteiger partial charge on any atom is -0.326 e. The number of nitrogens with zero attached hydrogens (tertiary/aromatic N) is 1. The molecule has 2 unspecified atom stereocenters. The predicted molar refractivity (Wildman–Crippen MR) is 117 cm³/mol. The number of rotatable bonds is 4. The van der Waals surface area contributed by atoms with Crippen LogP contribution >= 0.6 is 0 Å². The summed E-state index contributed by atoms with van der Waals surface area (Å²) >= 11 is 0. The highest BCUT2D eigenvalue weighted by molar-refractivity contribution is 6.06. The van der Waals surface area contributed by atoms with E-state index in [1.54, 1.807) is 24.3 Å². The smallest absolute Gasteiger partial charge is 0.326 e. The highest BCUT2D eigenvalue weighted by Crippen LogP contribution is 2.71. The number of carbonyl (C=O) groups is 2. The predicted octanol–water partition coefficient (Wildman–Crippen LogP) is 5.50. The molecule has 2 aliphatic rings. The quantitative estimate of drug-likeness (QED) is 0.522. The fourth-order valence-corrected chi connectivity index (χ4v) is 5.15. The number of carbonyl (C=O) groups excluding carboxylic acids is 2. The molecule has 0 saturated heterocycles. The number of anilines is 1. The lowest BCUT2D eigenvalue weighted by Crippen LogP contribution is -2.43. The normalized spacial score (nSPS) is 27.3. The first-order valence-electron chi connectivity index (χ1n) is 10.5. The first-order chi connectivity index (χ1) is 14.6. The fourth-order valence-electron chi connectivity index (χ4n) is 5.15. The van der Waals surface area contributed by atoms with E-state index in [0.717, 1.165) is 17.7 Å². The fraction of sp³-hybridized carbons (Fsp3) is 0.400. The van der Waals surface area contributed by atoms with Crippen molar-refractivity contribution in [1.82, 2.24) is 0 Å². The second-order valence-electron chi connectivity index (χ2n) is 9.46. The summed E-state index contributed by atoms with van der Waals surface area (Å²) in [5.74, 6) is -0.972. The maximum atomic E-state index is 13.4. The Bertz CT molecular complexity index is 1060. The van der Waals surface area contributed by atoms with Gasteiger partial charge in [-0.25, -0.2) is 9.18 Å². The zero-order valence-electron chi connectivity index (χ0n) is 18.3. The van der Waals surface area contributed by atoms with E-state index in [-0.39, 0.29) is 22.6 Å². The second kappa shape index (κ2) is 7.29. The number of hydrogen-bond donors (Lipinski definition) is 1. The average molecular weight is 423 g/mol. The number of halogens is 1. The van der Waals surface area contributed by atoms with E-state index in [1.165, 1.54) is 12.1 Å². The molecule has 2 bridgehead atoms. The summed E-state index contributed by atoms with van der Waals surface area (Å²) in [5, 5.41) is 7.21. The molecule has 4 rings (SSSR count). The first-order valence-corrected chi connectivity index (χ1v) is 10.5. The monoisotopic (exact) mass is 422 g/mol. The van der Waals surface area contributed by atoms with Gasteiger partial charge >= 0.3 is 5.97 Å². The van der Waals surface area contributed by atoms with Crippen molar-refractivity contribution in [1.29, 1.82) is 0 Å². The van der Waals surface area contributed by atoms with E-state index < -0.39 is 11.4 Å². The summed E-state index contributed by atoms with van der Waals surface area (Å²) in [5.41, 5.74) is 1.36. The van der Waals surface area contributed by atoms with Crippen LogP contribution in [0.15, 0.2) is 53.7 Å². The molecule has 6 heteroatoms. The van der Waals surface area contributed by atoms with Gasteiger partial charge in [-0.1, -0.05) is 43.6 Å². The molecular formula is C25H27FN2O3. The number of nitrogens with one attached hydrogen (secondary N) is 1. The zero-order valence-corrected chi connectivity index (χ0v) is 18.3. The van der Waals surface area contributed by atoms with Crippen molar-refractivity contribution in [2.24, 2.45) is 21.4 Å². The maximum absolute atomic E-state index is 13.4. The molecular weight excluding hydrogens is 395 g/mol. The van der Waals surface area contributed by atoms with Gasteiger partial charge < -0.3 is 10.2 Å². The van der Waals surface area contributed by atoms with E-state index in [9.17, 15) is 14.0 Å². The van der Waals surface area contributed by atoms with Gasteiger partial charge in [0.15, 0.2) is 0 Å². The Hall–Kier alpha value is -3.02. The molecule has 162 valence electrons. The van der Waals surface area contributed by atoms with Gasteiger partial charge in [-0.3, -0.25) is 4.79 Å². The summed E-state index contributed by atoms with van der Waals surface area (Å²) in [7, 11) is 0. The topological polar surface area (TPSA) is 67.8 Å². The molecule has 2 aromatic carbocycles. The minimum atomic E-state index is -0.675. The Balaban J connectivity index is 1.57. The Kier molecular flexibility index (Phi) is 4.99. The van der Waals surface area contributed by atoms with E-state index in [4.69, 9.17) is 4.84 Å². The molecule has 31 heavy (non-hydrogen) atoms. The summed E-state index contributed by atoms with van der Waals surface area (Å²) in [6.45, 7) is 8.19. The third-order valence-corrected chi connectivity index (χ3v) is 7.80. The van der Waals surface area contributed by atoms with Crippen molar-refractivity contribution in [3.8, 4) is 0 Å².